The van der Waals surface area contributed by atoms with E-state index < -0.39 is 5.82 Å². The number of aromatic nitrogens is 2. The van der Waals surface area contributed by atoms with Crippen molar-refractivity contribution in [3.8, 4) is 10.4 Å². The standard InChI is InChI=1S/C26H23FN4O3S/c1-17(32)19-7-8-22(20(27)13-19)29-9-11-30(12-10-29)24(33)15-31-16-28-21-14-23(35-25(21)26(31)34)18-5-3-2-4-6-18/h2-8,13-14,16H,9-12,15H2,1H3. The topological polar surface area (TPSA) is 75.5 Å². The molecule has 1 fully saturated rings. The number of piperazine rings is 1. The number of rotatable bonds is 5. The van der Waals surface area contributed by atoms with Gasteiger partial charge in [-0.2, -0.15) is 0 Å². The van der Waals surface area contributed by atoms with Gasteiger partial charge in [-0.15, -0.1) is 11.3 Å². The molecule has 1 aliphatic rings. The summed E-state index contributed by atoms with van der Waals surface area (Å²) in [5.41, 5.74) is 2.15. The summed E-state index contributed by atoms with van der Waals surface area (Å²) in [6.45, 7) is 3.04. The molecule has 0 saturated carbocycles. The fourth-order valence-electron chi connectivity index (χ4n) is 4.23. The molecule has 9 heteroatoms. The van der Waals surface area contributed by atoms with Gasteiger partial charge < -0.3 is 9.80 Å². The van der Waals surface area contributed by atoms with Gasteiger partial charge in [0.15, 0.2) is 5.78 Å². The summed E-state index contributed by atoms with van der Waals surface area (Å²) in [6.07, 6.45) is 1.42. The Kier molecular flexibility index (Phi) is 6.17. The maximum absolute atomic E-state index is 14.5. The van der Waals surface area contributed by atoms with Crippen molar-refractivity contribution >= 4 is 38.9 Å². The van der Waals surface area contributed by atoms with Crippen LogP contribution in [0.2, 0.25) is 0 Å². The highest BCUT2D eigenvalue weighted by molar-refractivity contribution is 7.22. The molecule has 1 amide bonds. The molecule has 0 aliphatic carbocycles. The van der Waals surface area contributed by atoms with Gasteiger partial charge in [0.1, 0.15) is 17.1 Å². The first-order valence-electron chi connectivity index (χ1n) is 11.3. The van der Waals surface area contributed by atoms with Crippen LogP contribution in [-0.2, 0) is 11.3 Å². The number of nitrogens with zero attached hydrogens (tertiary/aromatic N) is 4. The van der Waals surface area contributed by atoms with Crippen LogP contribution in [0.1, 0.15) is 17.3 Å². The molecule has 7 nitrogen and oxygen atoms in total. The Morgan fingerprint density at radius 1 is 1.03 bits per heavy atom. The van der Waals surface area contributed by atoms with Gasteiger partial charge in [0, 0.05) is 36.6 Å². The molecule has 178 valence electrons. The minimum atomic E-state index is -0.450. The fourth-order valence-corrected chi connectivity index (χ4v) is 5.29. The van der Waals surface area contributed by atoms with E-state index in [0.29, 0.717) is 47.6 Å². The van der Waals surface area contributed by atoms with Crippen LogP contribution in [0.3, 0.4) is 0 Å². The minimum absolute atomic E-state index is 0.0952. The highest BCUT2D eigenvalue weighted by Crippen LogP contribution is 2.30. The molecule has 1 aliphatic heterocycles. The molecule has 0 radical (unpaired) electrons. The Labute approximate surface area is 205 Å². The highest BCUT2D eigenvalue weighted by atomic mass is 32.1. The lowest BCUT2D eigenvalue weighted by Crippen LogP contribution is -2.50. The Morgan fingerprint density at radius 2 is 1.77 bits per heavy atom. The molecule has 0 atom stereocenters. The number of ketones is 1. The van der Waals surface area contributed by atoms with Crippen molar-refractivity contribution in [1.82, 2.24) is 14.5 Å². The number of carbonyl (C=O) groups is 2. The molecule has 0 N–H and O–H groups in total. The lowest BCUT2D eigenvalue weighted by atomic mass is 10.1. The number of amides is 1. The molecule has 5 rings (SSSR count). The zero-order valence-electron chi connectivity index (χ0n) is 19.1. The van der Waals surface area contributed by atoms with E-state index in [9.17, 15) is 18.8 Å². The smallest absolute Gasteiger partial charge is 0.271 e. The zero-order valence-corrected chi connectivity index (χ0v) is 19.9. The molecule has 3 heterocycles. The van der Waals surface area contributed by atoms with Crippen LogP contribution in [0.5, 0.6) is 0 Å². The van der Waals surface area contributed by atoms with Crippen LogP contribution < -0.4 is 10.5 Å². The zero-order chi connectivity index (χ0) is 24.5. The van der Waals surface area contributed by atoms with E-state index in [1.54, 1.807) is 17.0 Å². The van der Waals surface area contributed by atoms with Crippen molar-refractivity contribution in [2.45, 2.75) is 13.5 Å². The van der Waals surface area contributed by atoms with Crippen LogP contribution >= 0.6 is 11.3 Å². The van der Waals surface area contributed by atoms with Gasteiger partial charge in [-0.05, 0) is 36.8 Å². The van der Waals surface area contributed by atoms with E-state index in [1.165, 1.54) is 35.2 Å². The molecule has 0 bridgehead atoms. The number of hydrogen-bond donors (Lipinski definition) is 0. The molecule has 0 spiro atoms. The van der Waals surface area contributed by atoms with Gasteiger partial charge in [0.05, 0.1) is 17.5 Å². The second kappa shape index (κ2) is 9.42. The van der Waals surface area contributed by atoms with Gasteiger partial charge >= 0.3 is 0 Å². The third-order valence-electron chi connectivity index (χ3n) is 6.19. The lowest BCUT2D eigenvalue weighted by molar-refractivity contribution is -0.132. The first-order chi connectivity index (χ1) is 16.9. The maximum Gasteiger partial charge on any atom is 0.271 e. The largest absolute Gasteiger partial charge is 0.366 e. The fraction of sp³-hybridized carbons (Fsp3) is 0.231. The van der Waals surface area contributed by atoms with E-state index in [4.69, 9.17) is 0 Å². The number of fused-ring (bicyclic) bond motifs is 1. The average Bonchev–Trinajstić information content (AvgIpc) is 3.32. The van der Waals surface area contributed by atoms with Crippen LogP contribution in [0.15, 0.2) is 65.7 Å². The number of anilines is 1. The maximum atomic E-state index is 14.5. The van der Waals surface area contributed by atoms with Crippen molar-refractivity contribution in [2.24, 2.45) is 0 Å². The van der Waals surface area contributed by atoms with Crippen molar-refractivity contribution in [3.63, 3.8) is 0 Å². The second-order valence-corrected chi connectivity index (χ2v) is 9.51. The van der Waals surface area contributed by atoms with E-state index in [0.717, 1.165) is 10.4 Å². The Balaban J connectivity index is 1.27. The van der Waals surface area contributed by atoms with Gasteiger partial charge in [0.2, 0.25) is 5.91 Å². The number of carbonyl (C=O) groups excluding carboxylic acids is 2. The first-order valence-corrected chi connectivity index (χ1v) is 12.1. The molecule has 2 aromatic carbocycles. The summed E-state index contributed by atoms with van der Waals surface area (Å²) >= 11 is 1.37. The Bertz CT molecular complexity index is 1470. The third-order valence-corrected chi connectivity index (χ3v) is 7.36. The quantitative estimate of drug-likeness (QED) is 0.398. The number of Topliss-reactive ketones (excluding diaryl/α,β-unsaturated/α-hetero) is 1. The Hall–Kier alpha value is -3.85. The van der Waals surface area contributed by atoms with Crippen molar-refractivity contribution in [2.75, 3.05) is 31.1 Å². The minimum Gasteiger partial charge on any atom is -0.366 e. The summed E-state index contributed by atoms with van der Waals surface area (Å²) in [5.74, 6) is -0.818. The molecule has 35 heavy (non-hydrogen) atoms. The van der Waals surface area contributed by atoms with Crippen molar-refractivity contribution in [3.05, 3.63) is 82.7 Å². The molecular weight excluding hydrogens is 467 g/mol. The number of thiophene rings is 1. The van der Waals surface area contributed by atoms with Crippen molar-refractivity contribution < 1.29 is 14.0 Å². The van der Waals surface area contributed by atoms with E-state index in [-0.39, 0.29) is 23.8 Å². The molecule has 0 unspecified atom stereocenters. The van der Waals surface area contributed by atoms with Gasteiger partial charge in [0.25, 0.3) is 5.56 Å². The number of benzene rings is 2. The Morgan fingerprint density at radius 3 is 2.46 bits per heavy atom. The summed E-state index contributed by atoms with van der Waals surface area (Å²) in [5, 5.41) is 0. The van der Waals surface area contributed by atoms with Crippen LogP contribution in [0, 0.1) is 5.82 Å². The average molecular weight is 491 g/mol. The summed E-state index contributed by atoms with van der Waals surface area (Å²) in [6, 6.07) is 16.2. The third kappa shape index (κ3) is 4.59. The predicted octanol–water partition coefficient (Wildman–Crippen LogP) is 3.82. The molecule has 2 aromatic heterocycles. The summed E-state index contributed by atoms with van der Waals surface area (Å²) < 4.78 is 16.4. The molecule has 1 saturated heterocycles. The normalized spacial score (nSPS) is 13.9. The number of halogens is 1. The van der Waals surface area contributed by atoms with Crippen LogP contribution in [-0.4, -0.2) is 52.3 Å². The van der Waals surface area contributed by atoms with E-state index in [1.807, 2.05) is 41.3 Å². The van der Waals surface area contributed by atoms with E-state index >= 15 is 0 Å². The molecular formula is C26H23FN4O3S. The second-order valence-electron chi connectivity index (χ2n) is 8.46. The van der Waals surface area contributed by atoms with Crippen molar-refractivity contribution in [1.29, 1.82) is 0 Å². The molecule has 4 aromatic rings. The monoisotopic (exact) mass is 490 g/mol. The SMILES string of the molecule is CC(=O)c1ccc(N2CCN(C(=O)Cn3cnc4cc(-c5ccccc5)sc4c3=O)CC2)c(F)c1. The van der Waals surface area contributed by atoms with Crippen LogP contribution in [0.4, 0.5) is 10.1 Å². The number of hydrogen-bond acceptors (Lipinski definition) is 6. The summed E-state index contributed by atoms with van der Waals surface area (Å²) in [7, 11) is 0. The van der Waals surface area contributed by atoms with Gasteiger partial charge in [-0.25, -0.2) is 9.37 Å². The summed E-state index contributed by atoms with van der Waals surface area (Å²) in [4.78, 5) is 46.3. The van der Waals surface area contributed by atoms with Gasteiger partial charge in [-0.1, -0.05) is 30.3 Å². The first kappa shape index (κ1) is 22.9. The predicted molar refractivity (Wildman–Crippen MR) is 135 cm³/mol. The van der Waals surface area contributed by atoms with Crippen LogP contribution in [0.25, 0.3) is 20.7 Å². The lowest BCUT2D eigenvalue weighted by Gasteiger charge is -2.36. The van der Waals surface area contributed by atoms with Gasteiger partial charge in [-0.3, -0.25) is 19.0 Å². The van der Waals surface area contributed by atoms with E-state index in [2.05, 4.69) is 4.98 Å². The highest BCUT2D eigenvalue weighted by Gasteiger charge is 2.24.